The quantitative estimate of drug-likeness (QED) is 0.847. The zero-order chi connectivity index (χ0) is 18.7. The van der Waals surface area contributed by atoms with Crippen molar-refractivity contribution in [1.82, 2.24) is 20.4 Å². The van der Waals surface area contributed by atoms with Crippen LogP contribution in [-0.2, 0) is 6.18 Å². The number of aromatic nitrogens is 2. The first-order valence-electron chi connectivity index (χ1n) is 8.33. The van der Waals surface area contributed by atoms with Gasteiger partial charge in [-0.2, -0.15) is 18.2 Å². The van der Waals surface area contributed by atoms with Gasteiger partial charge in [-0.1, -0.05) is 17.3 Å². The fraction of sp³-hybridized carbons (Fsp3) is 0.471. The minimum absolute atomic E-state index is 0. The van der Waals surface area contributed by atoms with Gasteiger partial charge in [0.1, 0.15) is 0 Å². The number of nitrogens with zero attached hydrogens (tertiary/aromatic N) is 3. The molecule has 0 radical (unpaired) electrons. The predicted octanol–water partition coefficient (Wildman–Crippen LogP) is 3.25. The third kappa shape index (κ3) is 4.98. The minimum Gasteiger partial charge on any atom is -0.339 e. The van der Waals surface area contributed by atoms with Crippen LogP contribution < -0.4 is 5.32 Å². The molecule has 1 aromatic carbocycles. The molecule has 2 aromatic rings. The third-order valence-electron chi connectivity index (χ3n) is 4.45. The summed E-state index contributed by atoms with van der Waals surface area (Å²) in [6.45, 7) is 2.35. The van der Waals surface area contributed by atoms with Gasteiger partial charge >= 0.3 is 12.1 Å². The number of carbonyl (C=O) groups is 1. The van der Waals surface area contributed by atoms with Crippen molar-refractivity contribution in [2.45, 2.75) is 19.0 Å². The van der Waals surface area contributed by atoms with E-state index in [9.17, 15) is 18.0 Å². The van der Waals surface area contributed by atoms with E-state index in [0.29, 0.717) is 30.1 Å². The summed E-state index contributed by atoms with van der Waals surface area (Å²) in [5.74, 6) is -1.06. The highest BCUT2D eigenvalue weighted by molar-refractivity contribution is 5.94. The van der Waals surface area contributed by atoms with Gasteiger partial charge in [-0.05, 0) is 44.5 Å². The highest BCUT2D eigenvalue weighted by Crippen LogP contribution is 2.29. The van der Waals surface area contributed by atoms with Gasteiger partial charge in [-0.15, -0.1) is 12.4 Å². The molecule has 3 rings (SSSR count). The van der Waals surface area contributed by atoms with Crippen LogP contribution in [-0.4, -0.2) is 47.6 Å². The fourth-order valence-electron chi connectivity index (χ4n) is 3.03. The van der Waals surface area contributed by atoms with Crippen molar-refractivity contribution < 1.29 is 22.5 Å². The van der Waals surface area contributed by atoms with Crippen LogP contribution in [0.15, 0.2) is 28.8 Å². The standard InChI is InChI=1S/C17H19F3N4O2.ClH/c1-21-10-11-6-8-24(9-7-11)15(25)13-4-2-12(3-5-13)14-22-16(26-23-14)17(18,19)20;/h2-5,11,21H,6-10H2,1H3;1H. The Balaban J connectivity index is 0.00000261. The molecule has 1 fully saturated rings. The molecule has 0 spiro atoms. The van der Waals surface area contributed by atoms with Gasteiger partial charge in [0.05, 0.1) is 0 Å². The molecule has 1 aliphatic rings. The lowest BCUT2D eigenvalue weighted by atomic mass is 9.96. The van der Waals surface area contributed by atoms with Gasteiger partial charge in [0.2, 0.25) is 5.82 Å². The Kier molecular flexibility index (Phi) is 6.83. The molecule has 0 aliphatic carbocycles. The van der Waals surface area contributed by atoms with Crippen LogP contribution in [0.5, 0.6) is 0 Å². The summed E-state index contributed by atoms with van der Waals surface area (Å²) in [4.78, 5) is 17.7. The van der Waals surface area contributed by atoms with Crippen LogP contribution in [0.1, 0.15) is 29.1 Å². The van der Waals surface area contributed by atoms with E-state index in [1.54, 1.807) is 17.0 Å². The first-order valence-corrected chi connectivity index (χ1v) is 8.33. The lowest BCUT2D eigenvalue weighted by Crippen LogP contribution is -2.40. The number of hydrogen-bond acceptors (Lipinski definition) is 5. The second kappa shape index (κ2) is 8.71. The molecular weight excluding hydrogens is 385 g/mol. The highest BCUT2D eigenvalue weighted by atomic mass is 35.5. The van der Waals surface area contributed by atoms with Gasteiger partial charge < -0.3 is 14.7 Å². The van der Waals surface area contributed by atoms with Gasteiger partial charge in [0, 0.05) is 24.2 Å². The molecule has 1 aromatic heterocycles. The van der Waals surface area contributed by atoms with Crippen molar-refractivity contribution >= 4 is 18.3 Å². The van der Waals surface area contributed by atoms with E-state index in [2.05, 4.69) is 20.0 Å². The van der Waals surface area contributed by atoms with E-state index in [0.717, 1.165) is 19.4 Å². The second-order valence-corrected chi connectivity index (χ2v) is 6.29. The van der Waals surface area contributed by atoms with Gasteiger partial charge in [-0.3, -0.25) is 4.79 Å². The number of rotatable bonds is 4. The number of carbonyl (C=O) groups excluding carboxylic acids is 1. The van der Waals surface area contributed by atoms with E-state index in [4.69, 9.17) is 0 Å². The maximum absolute atomic E-state index is 12.6. The highest BCUT2D eigenvalue weighted by Gasteiger charge is 2.38. The lowest BCUT2D eigenvalue weighted by Gasteiger charge is -2.32. The molecule has 148 valence electrons. The van der Waals surface area contributed by atoms with Crippen molar-refractivity contribution in [1.29, 1.82) is 0 Å². The number of hydrogen-bond donors (Lipinski definition) is 1. The largest absolute Gasteiger partial charge is 0.471 e. The monoisotopic (exact) mass is 404 g/mol. The van der Waals surface area contributed by atoms with Gasteiger partial charge in [0.15, 0.2) is 0 Å². The molecule has 0 bridgehead atoms. The van der Waals surface area contributed by atoms with Crippen molar-refractivity contribution in [3.8, 4) is 11.4 Å². The number of benzene rings is 1. The van der Waals surface area contributed by atoms with E-state index in [1.165, 1.54) is 12.1 Å². The molecule has 2 heterocycles. The molecule has 1 saturated heterocycles. The average molecular weight is 405 g/mol. The number of piperidine rings is 1. The van der Waals surface area contributed by atoms with E-state index in [-0.39, 0.29) is 24.1 Å². The minimum atomic E-state index is -4.68. The summed E-state index contributed by atoms with van der Waals surface area (Å²) in [5.41, 5.74) is 0.842. The SMILES string of the molecule is CNCC1CCN(C(=O)c2ccc(-c3noc(C(F)(F)F)n3)cc2)CC1.Cl. The summed E-state index contributed by atoms with van der Waals surface area (Å²) < 4.78 is 41.8. The Morgan fingerprint density at radius 2 is 1.89 bits per heavy atom. The smallest absolute Gasteiger partial charge is 0.339 e. The second-order valence-electron chi connectivity index (χ2n) is 6.29. The molecule has 1 N–H and O–H groups in total. The van der Waals surface area contributed by atoms with Gasteiger partial charge in [-0.25, -0.2) is 0 Å². The number of likely N-dealkylation sites (tertiary alicyclic amines) is 1. The zero-order valence-corrected chi connectivity index (χ0v) is 15.4. The van der Waals surface area contributed by atoms with Crippen LogP contribution in [0.4, 0.5) is 13.2 Å². The van der Waals surface area contributed by atoms with Crippen molar-refractivity contribution in [3.63, 3.8) is 0 Å². The molecule has 1 aliphatic heterocycles. The topological polar surface area (TPSA) is 71.3 Å². The number of halogens is 4. The van der Waals surface area contributed by atoms with E-state index < -0.39 is 12.1 Å². The Hall–Kier alpha value is -2.13. The van der Waals surface area contributed by atoms with E-state index >= 15 is 0 Å². The van der Waals surface area contributed by atoms with E-state index in [1.807, 2.05) is 7.05 Å². The Bertz CT molecular complexity index is 756. The normalized spacial score (nSPS) is 15.5. The Labute approximate surface area is 160 Å². The van der Waals surface area contributed by atoms with Crippen LogP contribution in [0, 0.1) is 5.92 Å². The maximum Gasteiger partial charge on any atom is 0.471 e. The average Bonchev–Trinajstić information content (AvgIpc) is 3.13. The molecule has 10 heteroatoms. The molecular formula is C17H20ClF3N4O2. The first kappa shape index (κ1) is 21.2. The number of amides is 1. The molecule has 6 nitrogen and oxygen atoms in total. The molecule has 0 unspecified atom stereocenters. The van der Waals surface area contributed by atoms with Crippen LogP contribution in [0.25, 0.3) is 11.4 Å². The van der Waals surface area contributed by atoms with Crippen molar-refractivity contribution in [3.05, 3.63) is 35.7 Å². The fourth-order valence-corrected chi connectivity index (χ4v) is 3.03. The number of alkyl halides is 3. The molecule has 27 heavy (non-hydrogen) atoms. The Morgan fingerprint density at radius 3 is 2.41 bits per heavy atom. The zero-order valence-electron chi connectivity index (χ0n) is 14.6. The maximum atomic E-state index is 12.6. The first-order chi connectivity index (χ1) is 12.4. The molecule has 1 amide bonds. The number of nitrogens with one attached hydrogen (secondary N) is 1. The van der Waals surface area contributed by atoms with Crippen LogP contribution >= 0.6 is 12.4 Å². The van der Waals surface area contributed by atoms with Crippen molar-refractivity contribution in [2.24, 2.45) is 5.92 Å². The summed E-state index contributed by atoms with van der Waals surface area (Å²) in [6.07, 6.45) is -2.78. The summed E-state index contributed by atoms with van der Waals surface area (Å²) in [5, 5.41) is 6.49. The summed E-state index contributed by atoms with van der Waals surface area (Å²) >= 11 is 0. The van der Waals surface area contributed by atoms with Crippen molar-refractivity contribution in [2.75, 3.05) is 26.7 Å². The third-order valence-corrected chi connectivity index (χ3v) is 4.45. The lowest BCUT2D eigenvalue weighted by molar-refractivity contribution is -0.159. The summed E-state index contributed by atoms with van der Waals surface area (Å²) in [7, 11) is 1.92. The predicted molar refractivity (Wildman–Crippen MR) is 94.5 cm³/mol. The molecule has 0 atom stereocenters. The molecule has 0 saturated carbocycles. The van der Waals surface area contributed by atoms with Gasteiger partial charge in [0.25, 0.3) is 5.91 Å². The Morgan fingerprint density at radius 1 is 1.26 bits per heavy atom. The van der Waals surface area contributed by atoms with Crippen LogP contribution in [0.3, 0.4) is 0 Å². The van der Waals surface area contributed by atoms with Crippen LogP contribution in [0.2, 0.25) is 0 Å². The summed E-state index contributed by atoms with van der Waals surface area (Å²) in [6, 6.07) is 6.18.